The van der Waals surface area contributed by atoms with Gasteiger partial charge in [-0.15, -0.1) is 0 Å². The van der Waals surface area contributed by atoms with Crippen molar-refractivity contribution < 1.29 is 0 Å². The summed E-state index contributed by atoms with van der Waals surface area (Å²) in [5.41, 5.74) is 13.9. The first-order valence-corrected chi connectivity index (χ1v) is 7.15. The van der Waals surface area contributed by atoms with Gasteiger partial charge in [-0.05, 0) is 70.7 Å². The molecular weight excluding hydrogens is 244 g/mol. The van der Waals surface area contributed by atoms with Gasteiger partial charge in [0, 0.05) is 0 Å². The molecule has 3 rings (SSSR count). The summed E-state index contributed by atoms with van der Waals surface area (Å²) < 4.78 is 0. The SMILES string of the molecule is NCCc1ccc2cc3cc(CCN)ccc3cc2c1. The van der Waals surface area contributed by atoms with Crippen molar-refractivity contribution in [2.45, 2.75) is 12.8 Å². The van der Waals surface area contributed by atoms with Gasteiger partial charge >= 0.3 is 0 Å². The van der Waals surface area contributed by atoms with Crippen molar-refractivity contribution in [3.63, 3.8) is 0 Å². The fraction of sp³-hybridized carbons (Fsp3) is 0.222. The van der Waals surface area contributed by atoms with Crippen LogP contribution < -0.4 is 11.5 Å². The fourth-order valence-corrected chi connectivity index (χ4v) is 2.74. The van der Waals surface area contributed by atoms with Gasteiger partial charge in [0.1, 0.15) is 0 Å². The van der Waals surface area contributed by atoms with Crippen LogP contribution in [0.3, 0.4) is 0 Å². The van der Waals surface area contributed by atoms with E-state index >= 15 is 0 Å². The molecule has 0 saturated heterocycles. The maximum absolute atomic E-state index is 5.63. The summed E-state index contributed by atoms with van der Waals surface area (Å²) in [5, 5.41) is 5.14. The molecule has 0 spiro atoms. The van der Waals surface area contributed by atoms with Crippen LogP contribution in [0.1, 0.15) is 11.1 Å². The number of nitrogens with two attached hydrogens (primary N) is 2. The van der Waals surface area contributed by atoms with Crippen LogP contribution in [0.25, 0.3) is 21.5 Å². The minimum absolute atomic E-state index is 0.696. The molecule has 0 atom stereocenters. The number of hydrogen-bond acceptors (Lipinski definition) is 2. The Bertz CT molecular complexity index is 681. The molecule has 0 heterocycles. The molecule has 0 aromatic heterocycles. The maximum atomic E-state index is 5.63. The van der Waals surface area contributed by atoms with Gasteiger partial charge in [0.25, 0.3) is 0 Å². The molecule has 0 bridgehead atoms. The predicted molar refractivity (Wildman–Crippen MR) is 87.0 cm³/mol. The summed E-state index contributed by atoms with van der Waals surface area (Å²) in [6, 6.07) is 17.7. The zero-order valence-electron chi connectivity index (χ0n) is 11.6. The van der Waals surface area contributed by atoms with Gasteiger partial charge in [-0.1, -0.05) is 36.4 Å². The van der Waals surface area contributed by atoms with Crippen LogP contribution in [-0.4, -0.2) is 13.1 Å². The topological polar surface area (TPSA) is 52.0 Å². The van der Waals surface area contributed by atoms with E-state index in [1.54, 1.807) is 0 Å². The van der Waals surface area contributed by atoms with Gasteiger partial charge in [0.15, 0.2) is 0 Å². The summed E-state index contributed by atoms with van der Waals surface area (Å²) in [6.07, 6.45) is 1.87. The van der Waals surface area contributed by atoms with Crippen molar-refractivity contribution in [3.8, 4) is 0 Å². The molecule has 0 aliphatic rings. The Balaban J connectivity index is 2.12. The number of fused-ring (bicyclic) bond motifs is 2. The van der Waals surface area contributed by atoms with Crippen molar-refractivity contribution in [1.82, 2.24) is 0 Å². The Labute approximate surface area is 119 Å². The van der Waals surface area contributed by atoms with Gasteiger partial charge in [-0.2, -0.15) is 0 Å². The highest BCUT2D eigenvalue weighted by molar-refractivity contribution is 5.98. The highest BCUT2D eigenvalue weighted by Gasteiger charge is 2.01. The van der Waals surface area contributed by atoms with E-state index in [9.17, 15) is 0 Å². The molecule has 20 heavy (non-hydrogen) atoms. The Morgan fingerprint density at radius 2 is 1.00 bits per heavy atom. The quantitative estimate of drug-likeness (QED) is 0.712. The maximum Gasteiger partial charge on any atom is -0.00367 e. The molecule has 102 valence electrons. The molecule has 2 heteroatoms. The van der Waals surface area contributed by atoms with Crippen LogP contribution in [0.2, 0.25) is 0 Å². The first-order chi connectivity index (χ1) is 9.80. The monoisotopic (exact) mass is 264 g/mol. The largest absolute Gasteiger partial charge is 0.330 e. The van der Waals surface area contributed by atoms with Gasteiger partial charge in [0.05, 0.1) is 0 Å². The average Bonchev–Trinajstić information content (AvgIpc) is 2.46. The second-order valence-corrected chi connectivity index (χ2v) is 5.29. The zero-order chi connectivity index (χ0) is 13.9. The minimum Gasteiger partial charge on any atom is -0.330 e. The normalized spacial score (nSPS) is 11.3. The van der Waals surface area contributed by atoms with Crippen molar-refractivity contribution in [1.29, 1.82) is 0 Å². The smallest absolute Gasteiger partial charge is 0.00367 e. The van der Waals surface area contributed by atoms with Gasteiger partial charge < -0.3 is 11.5 Å². The first-order valence-electron chi connectivity index (χ1n) is 7.15. The molecule has 0 saturated carbocycles. The lowest BCUT2D eigenvalue weighted by molar-refractivity contribution is 0.970. The lowest BCUT2D eigenvalue weighted by Crippen LogP contribution is -2.02. The molecule has 3 aromatic rings. The van der Waals surface area contributed by atoms with Crippen molar-refractivity contribution in [2.24, 2.45) is 11.5 Å². The summed E-state index contributed by atoms with van der Waals surface area (Å²) >= 11 is 0. The van der Waals surface area contributed by atoms with Crippen molar-refractivity contribution in [2.75, 3.05) is 13.1 Å². The molecule has 0 radical (unpaired) electrons. The molecule has 0 aliphatic carbocycles. The van der Waals surface area contributed by atoms with Crippen LogP contribution >= 0.6 is 0 Å². The second-order valence-electron chi connectivity index (χ2n) is 5.29. The average molecular weight is 264 g/mol. The van der Waals surface area contributed by atoms with E-state index in [0.29, 0.717) is 13.1 Å². The van der Waals surface area contributed by atoms with Crippen LogP contribution in [0, 0.1) is 0 Å². The third-order valence-electron chi connectivity index (χ3n) is 3.79. The highest BCUT2D eigenvalue weighted by atomic mass is 14.5. The Morgan fingerprint density at radius 1 is 0.550 bits per heavy atom. The Kier molecular flexibility index (Phi) is 3.68. The molecule has 4 N–H and O–H groups in total. The summed E-state index contributed by atoms with van der Waals surface area (Å²) in [5.74, 6) is 0. The van der Waals surface area contributed by atoms with E-state index in [-0.39, 0.29) is 0 Å². The van der Waals surface area contributed by atoms with Gasteiger partial charge in [-0.25, -0.2) is 0 Å². The molecule has 0 fully saturated rings. The first kappa shape index (κ1) is 13.1. The third-order valence-corrected chi connectivity index (χ3v) is 3.79. The van der Waals surface area contributed by atoms with Crippen LogP contribution in [0.5, 0.6) is 0 Å². The number of benzene rings is 3. The van der Waals surface area contributed by atoms with E-state index in [1.807, 2.05) is 0 Å². The summed E-state index contributed by atoms with van der Waals surface area (Å²) in [6.45, 7) is 1.39. The predicted octanol–water partition coefficient (Wildman–Crippen LogP) is 3.00. The van der Waals surface area contributed by atoms with Crippen LogP contribution in [0.15, 0.2) is 48.5 Å². The Morgan fingerprint density at radius 3 is 1.40 bits per heavy atom. The second kappa shape index (κ2) is 5.61. The molecule has 0 aliphatic heterocycles. The van der Waals surface area contributed by atoms with Crippen molar-refractivity contribution >= 4 is 21.5 Å². The lowest BCUT2D eigenvalue weighted by atomic mass is 9.99. The number of hydrogen-bond donors (Lipinski definition) is 2. The third kappa shape index (κ3) is 2.53. The lowest BCUT2D eigenvalue weighted by Gasteiger charge is -2.07. The van der Waals surface area contributed by atoms with E-state index in [2.05, 4.69) is 48.5 Å². The molecule has 0 unspecified atom stereocenters. The van der Waals surface area contributed by atoms with Gasteiger partial charge in [-0.3, -0.25) is 0 Å². The highest BCUT2D eigenvalue weighted by Crippen LogP contribution is 2.25. The molecule has 0 amide bonds. The van der Waals surface area contributed by atoms with E-state index in [1.165, 1.54) is 32.7 Å². The van der Waals surface area contributed by atoms with Crippen LogP contribution in [-0.2, 0) is 12.8 Å². The van der Waals surface area contributed by atoms with E-state index < -0.39 is 0 Å². The van der Waals surface area contributed by atoms with E-state index in [0.717, 1.165) is 12.8 Å². The van der Waals surface area contributed by atoms with Crippen molar-refractivity contribution in [3.05, 3.63) is 59.7 Å². The summed E-state index contributed by atoms with van der Waals surface area (Å²) in [7, 11) is 0. The Hall–Kier alpha value is -1.90. The van der Waals surface area contributed by atoms with Crippen LogP contribution in [0.4, 0.5) is 0 Å². The van der Waals surface area contributed by atoms with Gasteiger partial charge in [0.2, 0.25) is 0 Å². The number of rotatable bonds is 4. The molecule has 2 nitrogen and oxygen atoms in total. The standard InChI is InChI=1S/C18H20N2/c19-7-5-13-1-3-15-11-18-10-14(6-8-20)2-4-16(18)12-17(15)9-13/h1-4,9-12H,5-8,19-20H2. The van der Waals surface area contributed by atoms with E-state index in [4.69, 9.17) is 11.5 Å². The molecule has 3 aromatic carbocycles. The summed E-state index contributed by atoms with van der Waals surface area (Å²) in [4.78, 5) is 0. The molecular formula is C18H20N2. The minimum atomic E-state index is 0.696. The zero-order valence-corrected chi connectivity index (χ0v) is 11.6. The fourth-order valence-electron chi connectivity index (χ4n) is 2.74.